The second kappa shape index (κ2) is 8.20. The quantitative estimate of drug-likeness (QED) is 0.465. The Bertz CT molecular complexity index is 1230. The van der Waals surface area contributed by atoms with Gasteiger partial charge in [0.15, 0.2) is 16.8 Å². The number of halogens is 1. The highest BCUT2D eigenvalue weighted by Crippen LogP contribution is 2.33. The van der Waals surface area contributed by atoms with E-state index in [0.717, 1.165) is 58.1 Å². The SMILES string of the molecule is Cc1ccc2nc(Nc3ncnc(N4CCN(c5cccc(Cl)c5)CC4)c3N)sc2c1. The van der Waals surface area contributed by atoms with Crippen molar-refractivity contribution in [1.29, 1.82) is 0 Å². The first-order chi connectivity index (χ1) is 15.1. The van der Waals surface area contributed by atoms with E-state index >= 15 is 0 Å². The third kappa shape index (κ3) is 4.08. The van der Waals surface area contributed by atoms with Crippen molar-refractivity contribution in [2.45, 2.75) is 6.92 Å². The van der Waals surface area contributed by atoms with Crippen LogP contribution in [-0.2, 0) is 0 Å². The van der Waals surface area contributed by atoms with E-state index in [9.17, 15) is 0 Å². The number of hydrogen-bond acceptors (Lipinski definition) is 8. The Labute approximate surface area is 189 Å². The highest BCUT2D eigenvalue weighted by molar-refractivity contribution is 7.22. The van der Waals surface area contributed by atoms with Crippen molar-refractivity contribution >= 4 is 61.3 Å². The minimum Gasteiger partial charge on any atom is -0.393 e. The van der Waals surface area contributed by atoms with Gasteiger partial charge in [-0.2, -0.15) is 0 Å². The second-order valence-corrected chi connectivity index (χ2v) is 9.00. The highest BCUT2D eigenvalue weighted by Gasteiger charge is 2.22. The van der Waals surface area contributed by atoms with Crippen LogP contribution in [0.25, 0.3) is 10.2 Å². The maximum Gasteiger partial charge on any atom is 0.189 e. The van der Waals surface area contributed by atoms with Gasteiger partial charge in [-0.15, -0.1) is 0 Å². The molecule has 0 atom stereocenters. The average Bonchev–Trinajstić information content (AvgIpc) is 3.17. The van der Waals surface area contributed by atoms with Gasteiger partial charge in [-0.3, -0.25) is 0 Å². The van der Waals surface area contributed by atoms with E-state index in [4.69, 9.17) is 17.3 Å². The molecule has 7 nitrogen and oxygen atoms in total. The summed E-state index contributed by atoms with van der Waals surface area (Å²) >= 11 is 7.73. The van der Waals surface area contributed by atoms with Crippen LogP contribution >= 0.6 is 22.9 Å². The van der Waals surface area contributed by atoms with Crippen LogP contribution in [-0.4, -0.2) is 41.1 Å². The van der Waals surface area contributed by atoms with Crippen molar-refractivity contribution < 1.29 is 0 Å². The van der Waals surface area contributed by atoms with E-state index in [1.165, 1.54) is 5.56 Å². The van der Waals surface area contributed by atoms with Crippen LogP contribution in [0.5, 0.6) is 0 Å². The molecule has 3 heterocycles. The Morgan fingerprint density at radius 2 is 1.84 bits per heavy atom. The molecule has 4 aromatic rings. The van der Waals surface area contributed by atoms with Crippen LogP contribution in [0.4, 0.5) is 28.1 Å². The molecule has 0 amide bonds. The number of rotatable bonds is 4. The molecule has 0 bridgehead atoms. The molecule has 1 saturated heterocycles. The van der Waals surface area contributed by atoms with E-state index in [0.29, 0.717) is 11.5 Å². The molecule has 9 heteroatoms. The molecular formula is C22H22ClN7S. The maximum atomic E-state index is 6.46. The fraction of sp³-hybridized carbons (Fsp3) is 0.227. The Morgan fingerprint density at radius 1 is 1.03 bits per heavy atom. The Hall–Kier alpha value is -3.10. The normalized spacial score (nSPS) is 14.3. The Kier molecular flexibility index (Phi) is 5.25. The standard InChI is InChI=1S/C22H22ClN7S/c1-14-5-6-17-18(11-14)31-22(27-17)28-20-19(24)21(26-13-25-20)30-9-7-29(8-10-30)16-4-2-3-15(23)12-16/h2-6,11-13H,7-10,24H2,1H3,(H,25,26,27,28). The molecule has 0 aliphatic carbocycles. The average molecular weight is 452 g/mol. The van der Waals surface area contributed by atoms with Gasteiger partial charge in [0.05, 0.1) is 10.2 Å². The van der Waals surface area contributed by atoms with Crippen molar-refractivity contribution in [3.8, 4) is 0 Å². The van der Waals surface area contributed by atoms with E-state index in [1.54, 1.807) is 17.7 Å². The number of nitrogen functional groups attached to an aromatic ring is 1. The lowest BCUT2D eigenvalue weighted by atomic mass is 10.2. The summed E-state index contributed by atoms with van der Waals surface area (Å²) in [6.45, 7) is 5.43. The Balaban J connectivity index is 1.32. The summed E-state index contributed by atoms with van der Waals surface area (Å²) in [4.78, 5) is 18.0. The summed E-state index contributed by atoms with van der Waals surface area (Å²) in [5.41, 5.74) is 10.3. The van der Waals surface area contributed by atoms with Gasteiger partial charge in [-0.1, -0.05) is 35.1 Å². The van der Waals surface area contributed by atoms with Gasteiger partial charge in [0.2, 0.25) is 0 Å². The van der Waals surface area contributed by atoms with Gasteiger partial charge < -0.3 is 20.9 Å². The number of anilines is 5. The molecule has 0 saturated carbocycles. The highest BCUT2D eigenvalue weighted by atomic mass is 35.5. The number of thiazole rings is 1. The molecule has 0 spiro atoms. The predicted octanol–water partition coefficient (Wildman–Crippen LogP) is 4.70. The molecule has 0 unspecified atom stereocenters. The number of aryl methyl sites for hydroxylation is 1. The third-order valence-corrected chi connectivity index (χ3v) is 6.55. The smallest absolute Gasteiger partial charge is 0.189 e. The topological polar surface area (TPSA) is 83.2 Å². The van der Waals surface area contributed by atoms with Crippen LogP contribution < -0.4 is 20.9 Å². The molecule has 2 aromatic carbocycles. The molecule has 1 fully saturated rings. The lowest BCUT2D eigenvalue weighted by Gasteiger charge is -2.37. The minimum absolute atomic E-state index is 0.536. The van der Waals surface area contributed by atoms with Gasteiger partial charge in [-0.05, 0) is 42.8 Å². The largest absolute Gasteiger partial charge is 0.393 e. The van der Waals surface area contributed by atoms with Gasteiger partial charge in [-0.25, -0.2) is 15.0 Å². The maximum absolute atomic E-state index is 6.46. The molecule has 5 rings (SSSR count). The number of aromatic nitrogens is 3. The number of hydrogen-bond donors (Lipinski definition) is 2. The molecule has 158 valence electrons. The summed E-state index contributed by atoms with van der Waals surface area (Å²) < 4.78 is 1.13. The van der Waals surface area contributed by atoms with Crippen molar-refractivity contribution in [2.24, 2.45) is 0 Å². The zero-order valence-electron chi connectivity index (χ0n) is 17.0. The van der Waals surface area contributed by atoms with E-state index in [1.807, 2.05) is 24.3 Å². The first kappa shape index (κ1) is 19.8. The lowest BCUT2D eigenvalue weighted by Crippen LogP contribution is -2.47. The predicted molar refractivity (Wildman–Crippen MR) is 130 cm³/mol. The number of nitrogens with zero attached hydrogens (tertiary/aromatic N) is 5. The van der Waals surface area contributed by atoms with Crippen molar-refractivity contribution in [3.05, 3.63) is 59.4 Å². The minimum atomic E-state index is 0.536. The monoisotopic (exact) mass is 451 g/mol. The van der Waals surface area contributed by atoms with E-state index in [-0.39, 0.29) is 0 Å². The molecule has 31 heavy (non-hydrogen) atoms. The van der Waals surface area contributed by atoms with Crippen LogP contribution in [0.3, 0.4) is 0 Å². The molecule has 1 aliphatic rings. The molecule has 0 radical (unpaired) electrons. The molecular weight excluding hydrogens is 430 g/mol. The van der Waals surface area contributed by atoms with Gasteiger partial charge >= 0.3 is 0 Å². The number of piperazine rings is 1. The zero-order valence-corrected chi connectivity index (χ0v) is 18.6. The second-order valence-electron chi connectivity index (χ2n) is 7.53. The summed E-state index contributed by atoms with van der Waals surface area (Å²) in [7, 11) is 0. The summed E-state index contributed by atoms with van der Waals surface area (Å²) in [5.74, 6) is 1.33. The first-order valence-electron chi connectivity index (χ1n) is 10.1. The van der Waals surface area contributed by atoms with Crippen LogP contribution in [0.15, 0.2) is 48.8 Å². The number of nitrogens with one attached hydrogen (secondary N) is 1. The summed E-state index contributed by atoms with van der Waals surface area (Å²) in [6, 6.07) is 14.2. The van der Waals surface area contributed by atoms with Crippen molar-refractivity contribution in [3.63, 3.8) is 0 Å². The van der Waals surface area contributed by atoms with E-state index < -0.39 is 0 Å². The number of benzene rings is 2. The fourth-order valence-electron chi connectivity index (χ4n) is 3.77. The van der Waals surface area contributed by atoms with Crippen LogP contribution in [0, 0.1) is 6.92 Å². The summed E-state index contributed by atoms with van der Waals surface area (Å²) in [6.07, 6.45) is 1.55. The van der Waals surface area contributed by atoms with Gasteiger partial charge in [0, 0.05) is 36.9 Å². The molecule has 1 aliphatic heterocycles. The molecule has 3 N–H and O–H groups in total. The number of fused-ring (bicyclic) bond motifs is 1. The van der Waals surface area contributed by atoms with Gasteiger partial charge in [0.1, 0.15) is 12.0 Å². The van der Waals surface area contributed by atoms with E-state index in [2.05, 4.69) is 55.2 Å². The third-order valence-electron chi connectivity index (χ3n) is 5.38. The zero-order chi connectivity index (χ0) is 21.4. The van der Waals surface area contributed by atoms with Gasteiger partial charge in [0.25, 0.3) is 0 Å². The van der Waals surface area contributed by atoms with Crippen LogP contribution in [0.2, 0.25) is 5.02 Å². The fourth-order valence-corrected chi connectivity index (χ4v) is 4.92. The Morgan fingerprint density at radius 3 is 2.65 bits per heavy atom. The first-order valence-corrected chi connectivity index (χ1v) is 11.3. The lowest BCUT2D eigenvalue weighted by molar-refractivity contribution is 0.647. The number of nitrogens with two attached hydrogens (primary N) is 1. The summed E-state index contributed by atoms with van der Waals surface area (Å²) in [5, 5.41) is 4.80. The van der Waals surface area contributed by atoms with Crippen molar-refractivity contribution in [2.75, 3.05) is 47.0 Å². The van der Waals surface area contributed by atoms with Crippen LogP contribution in [0.1, 0.15) is 5.56 Å². The molecule has 2 aromatic heterocycles. The van der Waals surface area contributed by atoms with Crippen molar-refractivity contribution in [1.82, 2.24) is 15.0 Å².